The Morgan fingerprint density at radius 2 is 1.96 bits per heavy atom. The number of aromatic nitrogens is 2. The molecule has 1 atom stereocenters. The smallest absolute Gasteiger partial charge is 0.240 e. The van der Waals surface area contributed by atoms with E-state index in [4.69, 9.17) is 15.0 Å². The number of nitrogen functional groups attached to an aromatic ring is 1. The van der Waals surface area contributed by atoms with Crippen LogP contribution in [0.4, 0.5) is 5.69 Å². The molecule has 3 rings (SSSR count). The number of carbonyl (C=O) groups excluding carboxylic acids is 1. The topological polar surface area (TPSA) is 97.7 Å². The van der Waals surface area contributed by atoms with Crippen molar-refractivity contribution in [2.45, 2.75) is 32.9 Å². The highest BCUT2D eigenvalue weighted by Crippen LogP contribution is 2.15. The molecule has 146 valence electrons. The molecule has 2 aromatic rings. The number of carbonyl (C=O) groups is 1. The molecule has 1 unspecified atom stereocenters. The van der Waals surface area contributed by atoms with Gasteiger partial charge in [-0.2, -0.15) is 4.98 Å². The summed E-state index contributed by atoms with van der Waals surface area (Å²) in [6.07, 6.45) is 0.234. The van der Waals surface area contributed by atoms with Gasteiger partial charge in [0.2, 0.25) is 11.8 Å². The van der Waals surface area contributed by atoms with Gasteiger partial charge in [0.25, 0.3) is 0 Å². The lowest BCUT2D eigenvalue weighted by Gasteiger charge is -2.34. The van der Waals surface area contributed by atoms with Crippen molar-refractivity contribution in [1.82, 2.24) is 19.9 Å². The second-order valence-electron chi connectivity index (χ2n) is 6.72. The maximum absolute atomic E-state index is 12.5. The van der Waals surface area contributed by atoms with Crippen molar-refractivity contribution in [2.24, 2.45) is 0 Å². The van der Waals surface area contributed by atoms with E-state index in [-0.39, 0.29) is 12.0 Å². The molecule has 1 amide bonds. The molecular weight excluding hydrogens is 346 g/mol. The maximum atomic E-state index is 12.5. The largest absolute Gasteiger partial charge is 0.399 e. The van der Waals surface area contributed by atoms with Crippen LogP contribution in [0.5, 0.6) is 0 Å². The van der Waals surface area contributed by atoms with E-state index in [1.807, 2.05) is 43.0 Å². The molecule has 2 N–H and O–H groups in total. The Morgan fingerprint density at radius 3 is 2.63 bits per heavy atom. The van der Waals surface area contributed by atoms with Crippen molar-refractivity contribution in [3.63, 3.8) is 0 Å². The third-order valence-electron chi connectivity index (χ3n) is 4.68. The molecule has 8 nitrogen and oxygen atoms in total. The molecule has 0 radical (unpaired) electrons. The first-order chi connectivity index (χ1) is 13.0. The zero-order valence-corrected chi connectivity index (χ0v) is 15.9. The van der Waals surface area contributed by atoms with Gasteiger partial charge in [0.05, 0.1) is 13.0 Å². The van der Waals surface area contributed by atoms with Gasteiger partial charge in [-0.15, -0.1) is 0 Å². The monoisotopic (exact) mass is 373 g/mol. The highest BCUT2D eigenvalue weighted by molar-refractivity contribution is 5.79. The molecule has 0 spiro atoms. The summed E-state index contributed by atoms with van der Waals surface area (Å²) in [6.45, 7) is 8.01. The van der Waals surface area contributed by atoms with Crippen LogP contribution in [0.2, 0.25) is 0 Å². The van der Waals surface area contributed by atoms with Crippen LogP contribution < -0.4 is 5.73 Å². The van der Waals surface area contributed by atoms with Gasteiger partial charge < -0.3 is 19.9 Å². The second-order valence-corrected chi connectivity index (χ2v) is 6.72. The summed E-state index contributed by atoms with van der Waals surface area (Å²) in [5, 5.41) is 3.99. The molecule has 0 aliphatic carbocycles. The molecule has 1 aromatic heterocycles. The minimum atomic E-state index is -0.171. The number of piperazine rings is 1. The minimum absolute atomic E-state index is 0.144. The van der Waals surface area contributed by atoms with Gasteiger partial charge in [-0.3, -0.25) is 9.69 Å². The fourth-order valence-electron chi connectivity index (χ4n) is 3.09. The summed E-state index contributed by atoms with van der Waals surface area (Å²) in [4.78, 5) is 21.0. The van der Waals surface area contributed by atoms with E-state index in [2.05, 4.69) is 15.0 Å². The molecule has 1 aromatic carbocycles. The average Bonchev–Trinajstić information content (AvgIpc) is 3.13. The van der Waals surface area contributed by atoms with Crippen LogP contribution in [0, 0.1) is 0 Å². The Kier molecular flexibility index (Phi) is 6.41. The third-order valence-corrected chi connectivity index (χ3v) is 4.68. The van der Waals surface area contributed by atoms with E-state index in [0.29, 0.717) is 50.1 Å². The summed E-state index contributed by atoms with van der Waals surface area (Å²) >= 11 is 0. The number of hydrogen-bond acceptors (Lipinski definition) is 7. The number of anilines is 1. The Bertz CT molecular complexity index is 738. The molecule has 8 heteroatoms. The lowest BCUT2D eigenvalue weighted by molar-refractivity contribution is -0.132. The number of ether oxygens (including phenoxy) is 1. The average molecular weight is 373 g/mol. The fraction of sp³-hybridized carbons (Fsp3) is 0.526. The Labute approximate surface area is 159 Å². The van der Waals surface area contributed by atoms with Gasteiger partial charge in [-0.1, -0.05) is 17.3 Å². The minimum Gasteiger partial charge on any atom is -0.399 e. The van der Waals surface area contributed by atoms with Crippen molar-refractivity contribution >= 4 is 11.6 Å². The molecule has 1 aliphatic rings. The molecule has 1 aliphatic heterocycles. The number of benzene rings is 1. The Balaban J connectivity index is 1.46. The van der Waals surface area contributed by atoms with Gasteiger partial charge in [0, 0.05) is 38.5 Å². The van der Waals surface area contributed by atoms with E-state index in [0.717, 1.165) is 18.7 Å². The lowest BCUT2D eigenvalue weighted by atomic mass is 10.1. The standard InChI is InChI=1S/C19H27N5O3/c1-3-26-14(2)19-21-17(27-22-19)13-23-8-10-24(11-9-23)18(25)12-15-4-6-16(20)7-5-15/h4-7,14H,3,8-13,20H2,1-2H3. The van der Waals surface area contributed by atoms with Crippen LogP contribution in [-0.4, -0.2) is 58.6 Å². The number of hydrogen-bond donors (Lipinski definition) is 1. The van der Waals surface area contributed by atoms with Crippen molar-refractivity contribution < 1.29 is 14.1 Å². The first-order valence-corrected chi connectivity index (χ1v) is 9.33. The van der Waals surface area contributed by atoms with Crippen LogP contribution in [0.3, 0.4) is 0 Å². The van der Waals surface area contributed by atoms with Crippen LogP contribution in [0.25, 0.3) is 0 Å². The first kappa shape index (κ1) is 19.3. The summed E-state index contributed by atoms with van der Waals surface area (Å²) in [6, 6.07) is 7.46. The molecule has 1 saturated heterocycles. The normalized spacial score (nSPS) is 16.4. The van der Waals surface area contributed by atoms with E-state index >= 15 is 0 Å². The summed E-state index contributed by atoms with van der Waals surface area (Å²) < 4.78 is 10.8. The van der Waals surface area contributed by atoms with Crippen LogP contribution >= 0.6 is 0 Å². The maximum Gasteiger partial charge on any atom is 0.240 e. The van der Waals surface area contributed by atoms with E-state index in [9.17, 15) is 4.79 Å². The van der Waals surface area contributed by atoms with Gasteiger partial charge in [0.15, 0.2) is 5.82 Å². The van der Waals surface area contributed by atoms with Crippen molar-refractivity contribution in [2.75, 3.05) is 38.5 Å². The molecule has 27 heavy (non-hydrogen) atoms. The van der Waals surface area contributed by atoms with Crippen molar-refractivity contribution in [3.05, 3.63) is 41.5 Å². The van der Waals surface area contributed by atoms with Crippen LogP contribution in [0.1, 0.15) is 37.2 Å². The van der Waals surface area contributed by atoms with E-state index in [1.54, 1.807) is 0 Å². The quantitative estimate of drug-likeness (QED) is 0.737. The molecule has 0 saturated carbocycles. The fourth-order valence-corrected chi connectivity index (χ4v) is 3.09. The lowest BCUT2D eigenvalue weighted by Crippen LogP contribution is -2.48. The van der Waals surface area contributed by atoms with Gasteiger partial charge in [0.1, 0.15) is 6.10 Å². The molecule has 0 bridgehead atoms. The van der Waals surface area contributed by atoms with Gasteiger partial charge in [-0.05, 0) is 31.5 Å². The summed E-state index contributed by atoms with van der Waals surface area (Å²) in [5.74, 6) is 1.30. The Morgan fingerprint density at radius 1 is 1.26 bits per heavy atom. The van der Waals surface area contributed by atoms with Crippen LogP contribution in [-0.2, 0) is 22.5 Å². The predicted molar refractivity (Wildman–Crippen MR) is 101 cm³/mol. The number of amides is 1. The highest BCUT2D eigenvalue weighted by atomic mass is 16.5. The zero-order valence-electron chi connectivity index (χ0n) is 15.9. The first-order valence-electron chi connectivity index (χ1n) is 9.33. The van der Waals surface area contributed by atoms with E-state index < -0.39 is 0 Å². The molecule has 1 fully saturated rings. The van der Waals surface area contributed by atoms with Gasteiger partial charge in [-0.25, -0.2) is 0 Å². The van der Waals surface area contributed by atoms with E-state index in [1.165, 1.54) is 0 Å². The third kappa shape index (κ3) is 5.27. The molecular formula is C19H27N5O3. The zero-order chi connectivity index (χ0) is 19.2. The summed E-state index contributed by atoms with van der Waals surface area (Å²) in [7, 11) is 0. The number of nitrogens with zero attached hydrogens (tertiary/aromatic N) is 4. The van der Waals surface area contributed by atoms with Gasteiger partial charge >= 0.3 is 0 Å². The summed E-state index contributed by atoms with van der Waals surface area (Å²) in [5.41, 5.74) is 7.38. The SMILES string of the molecule is CCOC(C)c1noc(CN2CCN(C(=O)Cc3ccc(N)cc3)CC2)n1. The molecule has 2 heterocycles. The number of rotatable bonds is 7. The second kappa shape index (κ2) is 8.96. The highest BCUT2D eigenvalue weighted by Gasteiger charge is 2.23. The van der Waals surface area contributed by atoms with Crippen LogP contribution in [0.15, 0.2) is 28.8 Å². The Hall–Kier alpha value is -2.45. The number of nitrogens with two attached hydrogens (primary N) is 1. The predicted octanol–water partition coefficient (Wildman–Crippen LogP) is 1.64. The van der Waals surface area contributed by atoms with Crippen molar-refractivity contribution in [3.8, 4) is 0 Å². The van der Waals surface area contributed by atoms with Crippen molar-refractivity contribution in [1.29, 1.82) is 0 Å².